The largest absolute Gasteiger partial charge is 0.309 e. The van der Waals surface area contributed by atoms with E-state index < -0.39 is 5.41 Å². The lowest BCUT2D eigenvalue weighted by molar-refractivity contribution is 0.793. The Balaban J connectivity index is 1.19. The number of hydrogen-bond acceptors (Lipinski definition) is 2. The molecule has 0 bridgehead atoms. The predicted octanol–water partition coefficient (Wildman–Crippen LogP) is 14.7. The minimum absolute atomic E-state index is 0.428. The predicted molar refractivity (Wildman–Crippen MR) is 233 cm³/mol. The van der Waals surface area contributed by atoms with Crippen molar-refractivity contribution in [3.05, 3.63) is 222 Å². The quantitative estimate of drug-likeness (QED) is 0.175. The second-order valence-electron chi connectivity index (χ2n) is 14.8. The van der Waals surface area contributed by atoms with Crippen molar-refractivity contribution >= 4 is 59.3 Å². The number of thiophene rings is 1. The van der Waals surface area contributed by atoms with Crippen LogP contribution in [-0.2, 0) is 5.41 Å². The maximum atomic E-state index is 2.53. The van der Waals surface area contributed by atoms with Crippen LogP contribution in [0.15, 0.2) is 200 Å². The third-order valence-corrected chi connectivity index (χ3v) is 13.2. The Labute approximate surface area is 324 Å². The Morgan fingerprint density at radius 1 is 0.382 bits per heavy atom. The Kier molecular flexibility index (Phi) is 6.49. The molecule has 2 aliphatic carbocycles. The number of benzene rings is 9. The number of hydrogen-bond donors (Lipinski definition) is 0. The first-order valence-corrected chi connectivity index (χ1v) is 19.8. The highest BCUT2D eigenvalue weighted by Crippen LogP contribution is 2.63. The smallest absolute Gasteiger partial charge is 0.0726 e. The highest BCUT2D eigenvalue weighted by atomic mass is 32.1. The SMILES string of the molecule is c1ccc(-c2cccc(N(c3ccc4c(c3)C3(c5ccccc5-c5ccccc53)c3ccccc3-4)c3cc4ccccc4c4c3sc3ccccc34)c2)cc1. The van der Waals surface area contributed by atoms with Gasteiger partial charge in [-0.1, -0.05) is 164 Å². The van der Waals surface area contributed by atoms with E-state index in [9.17, 15) is 0 Å². The number of rotatable bonds is 4. The third kappa shape index (κ3) is 4.23. The van der Waals surface area contributed by atoms with Gasteiger partial charge in [0.15, 0.2) is 0 Å². The van der Waals surface area contributed by atoms with Crippen molar-refractivity contribution in [3.8, 4) is 33.4 Å². The average Bonchev–Trinajstić information content (AvgIpc) is 3.89. The van der Waals surface area contributed by atoms with E-state index in [-0.39, 0.29) is 0 Å². The Hall–Kier alpha value is -6.74. The third-order valence-electron chi connectivity index (χ3n) is 12.0. The first kappa shape index (κ1) is 30.7. The van der Waals surface area contributed by atoms with Crippen molar-refractivity contribution in [2.45, 2.75) is 5.41 Å². The van der Waals surface area contributed by atoms with E-state index in [1.807, 2.05) is 11.3 Å². The van der Waals surface area contributed by atoms with E-state index in [0.29, 0.717) is 0 Å². The molecule has 9 aromatic carbocycles. The summed E-state index contributed by atoms with van der Waals surface area (Å²) < 4.78 is 2.59. The van der Waals surface area contributed by atoms with Gasteiger partial charge in [0.25, 0.3) is 0 Å². The molecule has 256 valence electrons. The molecule has 0 atom stereocenters. The van der Waals surface area contributed by atoms with E-state index in [1.54, 1.807) is 0 Å². The number of anilines is 3. The molecule has 10 aromatic rings. The number of nitrogens with zero attached hydrogens (tertiary/aromatic N) is 1. The molecule has 1 heterocycles. The molecule has 0 saturated heterocycles. The summed E-state index contributed by atoms with van der Waals surface area (Å²) in [5.41, 5.74) is 16.1. The van der Waals surface area contributed by atoms with Gasteiger partial charge in [0.1, 0.15) is 0 Å². The molecule has 0 unspecified atom stereocenters. The normalized spacial score (nSPS) is 13.2. The molecule has 1 nitrogen and oxygen atoms in total. The molecule has 2 aliphatic rings. The van der Waals surface area contributed by atoms with Crippen molar-refractivity contribution < 1.29 is 0 Å². The zero-order valence-electron chi connectivity index (χ0n) is 29.9. The van der Waals surface area contributed by atoms with Crippen LogP contribution in [-0.4, -0.2) is 0 Å². The molecule has 0 fully saturated rings. The van der Waals surface area contributed by atoms with Crippen molar-refractivity contribution in [3.63, 3.8) is 0 Å². The summed E-state index contributed by atoms with van der Waals surface area (Å²) in [5, 5.41) is 5.16. The standard InChI is InChI=1S/C53H33NS/c1-2-15-34(16-3-1)35-18-14-19-37(31-35)54(49-32-36-17-4-5-20-39(36)51-44-24-9-13-28-50(44)55-52(49)51)38-29-30-43-42-23-8-12-27-47(42)53(48(43)33-38)45-25-10-6-21-40(45)41-22-7-11-26-46(41)53/h1-33H. The molecule has 0 radical (unpaired) electrons. The summed E-state index contributed by atoms with van der Waals surface area (Å²) >= 11 is 1.90. The first-order valence-electron chi connectivity index (χ1n) is 19.0. The molecule has 12 rings (SSSR count). The van der Waals surface area contributed by atoms with Gasteiger partial charge in [-0.25, -0.2) is 0 Å². The van der Waals surface area contributed by atoms with Crippen molar-refractivity contribution in [1.29, 1.82) is 0 Å². The van der Waals surface area contributed by atoms with E-state index in [2.05, 4.69) is 205 Å². The molecule has 0 N–H and O–H groups in total. The van der Waals surface area contributed by atoms with E-state index in [1.165, 1.54) is 92.3 Å². The summed E-state index contributed by atoms with van der Waals surface area (Å²) in [6, 6.07) is 74.5. The lowest BCUT2D eigenvalue weighted by Crippen LogP contribution is -2.26. The zero-order chi connectivity index (χ0) is 36.1. The minimum Gasteiger partial charge on any atom is -0.309 e. The summed E-state index contributed by atoms with van der Waals surface area (Å²) in [5.74, 6) is 0. The van der Waals surface area contributed by atoms with Crippen molar-refractivity contribution in [2.24, 2.45) is 0 Å². The molecule has 55 heavy (non-hydrogen) atoms. The molecule has 0 saturated carbocycles. The summed E-state index contributed by atoms with van der Waals surface area (Å²) in [7, 11) is 0. The molecule has 2 heteroatoms. The molecular formula is C53H33NS. The second kappa shape index (κ2) is 11.6. The highest BCUT2D eigenvalue weighted by Gasteiger charge is 2.51. The van der Waals surface area contributed by atoms with Crippen LogP contribution in [0.25, 0.3) is 64.3 Å². The van der Waals surface area contributed by atoms with Crippen LogP contribution >= 0.6 is 11.3 Å². The van der Waals surface area contributed by atoms with Gasteiger partial charge in [0, 0.05) is 26.8 Å². The van der Waals surface area contributed by atoms with Crippen molar-refractivity contribution in [1.82, 2.24) is 0 Å². The van der Waals surface area contributed by atoms with E-state index >= 15 is 0 Å². The Morgan fingerprint density at radius 2 is 0.945 bits per heavy atom. The van der Waals surface area contributed by atoms with Crippen LogP contribution in [0.2, 0.25) is 0 Å². The minimum atomic E-state index is -0.428. The maximum Gasteiger partial charge on any atom is 0.0726 e. The fourth-order valence-electron chi connectivity index (χ4n) is 9.83. The molecular weight excluding hydrogens is 683 g/mol. The zero-order valence-corrected chi connectivity index (χ0v) is 30.7. The van der Waals surface area contributed by atoms with Crippen LogP contribution in [0.4, 0.5) is 17.1 Å². The Bertz CT molecular complexity index is 3110. The van der Waals surface area contributed by atoms with Crippen LogP contribution in [0.3, 0.4) is 0 Å². The van der Waals surface area contributed by atoms with Gasteiger partial charge < -0.3 is 4.90 Å². The monoisotopic (exact) mass is 715 g/mol. The van der Waals surface area contributed by atoms with Crippen LogP contribution in [0.1, 0.15) is 22.3 Å². The first-order chi connectivity index (χ1) is 27.3. The van der Waals surface area contributed by atoms with Gasteiger partial charge in [-0.2, -0.15) is 0 Å². The molecule has 0 aliphatic heterocycles. The lowest BCUT2D eigenvalue weighted by Gasteiger charge is -2.32. The van der Waals surface area contributed by atoms with Crippen molar-refractivity contribution in [2.75, 3.05) is 4.90 Å². The van der Waals surface area contributed by atoms with Gasteiger partial charge in [-0.05, 0) is 103 Å². The van der Waals surface area contributed by atoms with Gasteiger partial charge in [0.2, 0.25) is 0 Å². The number of fused-ring (bicyclic) bond motifs is 15. The highest BCUT2D eigenvalue weighted by molar-refractivity contribution is 7.26. The van der Waals surface area contributed by atoms with E-state index in [0.717, 1.165) is 11.4 Å². The van der Waals surface area contributed by atoms with Crippen LogP contribution in [0, 0.1) is 0 Å². The molecule has 1 spiro atoms. The van der Waals surface area contributed by atoms with Gasteiger partial charge >= 0.3 is 0 Å². The van der Waals surface area contributed by atoms with Crippen LogP contribution in [0.5, 0.6) is 0 Å². The van der Waals surface area contributed by atoms with Gasteiger partial charge in [-0.3, -0.25) is 0 Å². The topological polar surface area (TPSA) is 3.24 Å². The lowest BCUT2D eigenvalue weighted by atomic mass is 9.70. The summed E-state index contributed by atoms with van der Waals surface area (Å²) in [6.45, 7) is 0. The second-order valence-corrected chi connectivity index (χ2v) is 15.8. The molecule has 1 aromatic heterocycles. The Morgan fingerprint density at radius 3 is 1.67 bits per heavy atom. The van der Waals surface area contributed by atoms with Crippen LogP contribution < -0.4 is 4.90 Å². The average molecular weight is 716 g/mol. The fourth-order valence-corrected chi connectivity index (χ4v) is 11.1. The van der Waals surface area contributed by atoms with Gasteiger partial charge in [-0.15, -0.1) is 11.3 Å². The van der Waals surface area contributed by atoms with E-state index in [4.69, 9.17) is 0 Å². The fraction of sp³-hybridized carbons (Fsp3) is 0.0189. The molecule has 0 amide bonds. The maximum absolute atomic E-state index is 2.53. The summed E-state index contributed by atoms with van der Waals surface area (Å²) in [6.07, 6.45) is 0. The summed E-state index contributed by atoms with van der Waals surface area (Å²) in [4.78, 5) is 2.53. The van der Waals surface area contributed by atoms with Gasteiger partial charge in [0.05, 0.1) is 15.8 Å².